The number of carbonyl (C=O) groups is 1. The quantitative estimate of drug-likeness (QED) is 0.674. The van der Waals surface area contributed by atoms with Gasteiger partial charge < -0.3 is 10.5 Å². The highest BCUT2D eigenvalue weighted by molar-refractivity contribution is 5.85. The number of hydrogen-bond donors (Lipinski definition) is 1. The second-order valence-electron chi connectivity index (χ2n) is 5.24. The van der Waals surface area contributed by atoms with Crippen LogP contribution < -0.4 is 5.73 Å². The summed E-state index contributed by atoms with van der Waals surface area (Å²) in [6.07, 6.45) is 3.32. The number of nitrogens with two attached hydrogens (primary N) is 1. The Hall–Kier alpha value is -0.870. The predicted molar refractivity (Wildman–Crippen MR) is 57.2 cm³/mol. The largest absolute Gasteiger partial charge is 0.380 e. The van der Waals surface area contributed by atoms with Gasteiger partial charge in [0.15, 0.2) is 0 Å². The third-order valence-corrected chi connectivity index (χ3v) is 3.34. The Morgan fingerprint density at radius 1 is 1.47 bits per heavy atom. The molecule has 0 aliphatic carbocycles. The number of primary amides is 1. The van der Waals surface area contributed by atoms with Crippen molar-refractivity contribution in [3.63, 3.8) is 0 Å². The average molecular weight is 210 g/mol. The summed E-state index contributed by atoms with van der Waals surface area (Å²) in [5.41, 5.74) is 5.41. The molecule has 4 heteroatoms. The highest BCUT2D eigenvalue weighted by atomic mass is 16.5. The molecule has 0 aromatic heterocycles. The lowest BCUT2D eigenvalue weighted by Crippen LogP contribution is -2.70. The summed E-state index contributed by atoms with van der Waals surface area (Å²) in [6, 6.07) is 0. The Morgan fingerprint density at radius 3 is 2.47 bits per heavy atom. The van der Waals surface area contributed by atoms with Crippen molar-refractivity contribution < 1.29 is 9.53 Å². The third kappa shape index (κ3) is 1.92. The van der Waals surface area contributed by atoms with Gasteiger partial charge in [-0.15, -0.1) is 0 Å². The number of nitrogens with zero attached hydrogens (tertiary/aromatic N) is 1. The molecular formula is C11H18N2O2. The summed E-state index contributed by atoms with van der Waals surface area (Å²) in [4.78, 5) is 13.0. The van der Waals surface area contributed by atoms with Crippen LogP contribution in [-0.4, -0.2) is 42.6 Å². The van der Waals surface area contributed by atoms with Crippen molar-refractivity contribution in [2.45, 2.75) is 19.4 Å². The van der Waals surface area contributed by atoms with E-state index < -0.39 is 0 Å². The molecular weight excluding hydrogens is 192 g/mol. The van der Waals surface area contributed by atoms with Crippen LogP contribution in [0.4, 0.5) is 0 Å². The molecule has 0 unspecified atom stereocenters. The molecule has 84 valence electrons. The smallest absolute Gasteiger partial charge is 0.241 e. The van der Waals surface area contributed by atoms with Gasteiger partial charge in [0.2, 0.25) is 5.91 Å². The first-order valence-corrected chi connectivity index (χ1v) is 5.25. The minimum atomic E-state index is -0.384. The molecule has 2 fully saturated rings. The van der Waals surface area contributed by atoms with Crippen LogP contribution in [-0.2, 0) is 9.53 Å². The van der Waals surface area contributed by atoms with E-state index in [0.29, 0.717) is 5.41 Å². The highest BCUT2D eigenvalue weighted by Crippen LogP contribution is 2.41. The van der Waals surface area contributed by atoms with Crippen LogP contribution in [0.5, 0.6) is 0 Å². The van der Waals surface area contributed by atoms with Gasteiger partial charge >= 0.3 is 0 Å². The molecule has 0 aromatic carbocycles. The van der Waals surface area contributed by atoms with Crippen LogP contribution in [0.2, 0.25) is 0 Å². The standard InChI is InChI=1S/C11H18N2O2/c1-10(2,4-3-9(12)14)13-5-11(6-13)7-15-8-11/h3-4H,5-8H2,1-2H3,(H2,12,14). The molecule has 1 spiro atoms. The molecule has 2 rings (SSSR count). The van der Waals surface area contributed by atoms with Gasteiger partial charge in [0.05, 0.1) is 13.2 Å². The maximum Gasteiger partial charge on any atom is 0.241 e. The molecule has 4 nitrogen and oxygen atoms in total. The zero-order valence-electron chi connectivity index (χ0n) is 9.32. The zero-order valence-corrected chi connectivity index (χ0v) is 9.32. The lowest BCUT2D eigenvalue weighted by Gasteiger charge is -2.59. The van der Waals surface area contributed by atoms with E-state index in [0.717, 1.165) is 26.3 Å². The number of carbonyl (C=O) groups excluding carboxylic acids is 1. The van der Waals surface area contributed by atoms with Crippen molar-refractivity contribution in [1.29, 1.82) is 0 Å². The van der Waals surface area contributed by atoms with Crippen molar-refractivity contribution in [3.8, 4) is 0 Å². The maximum absolute atomic E-state index is 10.7. The predicted octanol–water partition coefficient (Wildman–Crippen LogP) is 0.139. The molecule has 2 saturated heterocycles. The van der Waals surface area contributed by atoms with Crippen molar-refractivity contribution in [2.75, 3.05) is 26.3 Å². The molecule has 2 N–H and O–H groups in total. The number of likely N-dealkylation sites (tertiary alicyclic amines) is 1. The van der Waals surface area contributed by atoms with Gasteiger partial charge in [-0.25, -0.2) is 0 Å². The fraction of sp³-hybridized carbons (Fsp3) is 0.727. The fourth-order valence-electron chi connectivity index (χ4n) is 2.14. The minimum Gasteiger partial charge on any atom is -0.380 e. The molecule has 0 bridgehead atoms. The summed E-state index contributed by atoms with van der Waals surface area (Å²) in [7, 11) is 0. The molecule has 0 atom stereocenters. The van der Waals surface area contributed by atoms with Crippen LogP contribution in [0, 0.1) is 5.41 Å². The highest BCUT2D eigenvalue weighted by Gasteiger charge is 2.52. The van der Waals surface area contributed by atoms with E-state index in [1.807, 2.05) is 6.08 Å². The van der Waals surface area contributed by atoms with Crippen molar-refractivity contribution in [3.05, 3.63) is 12.2 Å². The second kappa shape index (κ2) is 3.32. The first-order chi connectivity index (χ1) is 6.94. The van der Waals surface area contributed by atoms with Gasteiger partial charge in [-0.3, -0.25) is 9.69 Å². The Kier molecular flexibility index (Phi) is 2.35. The molecule has 2 heterocycles. The van der Waals surface area contributed by atoms with Crippen molar-refractivity contribution >= 4 is 5.91 Å². The van der Waals surface area contributed by atoms with Crippen LogP contribution in [0.1, 0.15) is 13.8 Å². The Morgan fingerprint density at radius 2 is 2.07 bits per heavy atom. The molecule has 2 aliphatic rings. The lowest BCUT2D eigenvalue weighted by atomic mass is 9.75. The van der Waals surface area contributed by atoms with Crippen molar-refractivity contribution in [1.82, 2.24) is 4.90 Å². The first-order valence-electron chi connectivity index (χ1n) is 5.25. The van der Waals surface area contributed by atoms with Gasteiger partial charge in [0, 0.05) is 30.1 Å². The molecule has 0 aromatic rings. The van der Waals surface area contributed by atoms with E-state index in [-0.39, 0.29) is 11.4 Å². The number of amides is 1. The number of hydrogen-bond acceptors (Lipinski definition) is 3. The average Bonchev–Trinajstić information content (AvgIpc) is 1.95. The SMILES string of the molecule is CC(C)(C=CC(N)=O)N1CC2(COC2)C1. The lowest BCUT2D eigenvalue weighted by molar-refractivity contribution is -0.203. The molecule has 1 amide bonds. The van der Waals surface area contributed by atoms with Crippen LogP contribution in [0.15, 0.2) is 12.2 Å². The van der Waals surface area contributed by atoms with E-state index >= 15 is 0 Å². The van der Waals surface area contributed by atoms with E-state index in [4.69, 9.17) is 10.5 Å². The maximum atomic E-state index is 10.7. The van der Waals surface area contributed by atoms with Crippen LogP contribution in [0.3, 0.4) is 0 Å². The zero-order chi connectivity index (χ0) is 11.1. The van der Waals surface area contributed by atoms with E-state index in [1.54, 1.807) is 0 Å². The molecule has 15 heavy (non-hydrogen) atoms. The summed E-state index contributed by atoms with van der Waals surface area (Å²) < 4.78 is 5.22. The normalized spacial score (nSPS) is 25.2. The summed E-state index contributed by atoms with van der Waals surface area (Å²) in [5, 5.41) is 0. The number of ether oxygens (including phenoxy) is 1. The number of rotatable bonds is 3. The first kappa shape index (κ1) is 10.6. The second-order valence-corrected chi connectivity index (χ2v) is 5.24. The monoisotopic (exact) mass is 210 g/mol. The molecule has 0 saturated carbocycles. The van der Waals surface area contributed by atoms with E-state index in [2.05, 4.69) is 18.7 Å². The Bertz CT molecular complexity index is 298. The van der Waals surface area contributed by atoms with Gasteiger partial charge in [0.25, 0.3) is 0 Å². The van der Waals surface area contributed by atoms with E-state index in [1.165, 1.54) is 6.08 Å². The van der Waals surface area contributed by atoms with Crippen LogP contribution >= 0.6 is 0 Å². The summed E-state index contributed by atoms with van der Waals surface area (Å²) in [5.74, 6) is -0.384. The molecule has 2 aliphatic heterocycles. The topological polar surface area (TPSA) is 55.6 Å². The summed E-state index contributed by atoms with van der Waals surface area (Å²) >= 11 is 0. The third-order valence-electron chi connectivity index (χ3n) is 3.34. The van der Waals surface area contributed by atoms with Crippen molar-refractivity contribution in [2.24, 2.45) is 11.1 Å². The van der Waals surface area contributed by atoms with Gasteiger partial charge in [0.1, 0.15) is 0 Å². The Labute approximate surface area is 90.1 Å². The van der Waals surface area contributed by atoms with Gasteiger partial charge in [-0.2, -0.15) is 0 Å². The Balaban J connectivity index is 1.90. The molecule has 0 radical (unpaired) electrons. The van der Waals surface area contributed by atoms with E-state index in [9.17, 15) is 4.79 Å². The van der Waals surface area contributed by atoms with Gasteiger partial charge in [-0.05, 0) is 13.8 Å². The van der Waals surface area contributed by atoms with Gasteiger partial charge in [-0.1, -0.05) is 6.08 Å². The fourth-order valence-corrected chi connectivity index (χ4v) is 2.14. The van der Waals surface area contributed by atoms with Crippen LogP contribution in [0.25, 0.3) is 0 Å². The summed E-state index contributed by atoms with van der Waals surface area (Å²) in [6.45, 7) is 8.09. The minimum absolute atomic E-state index is 0.0874.